The zero-order chi connectivity index (χ0) is 15.9. The molecule has 22 heavy (non-hydrogen) atoms. The Hall–Kier alpha value is -2.76. The molecule has 0 unspecified atom stereocenters. The number of fused-ring (bicyclic) bond motifs is 1. The van der Waals surface area contributed by atoms with Gasteiger partial charge < -0.3 is 5.11 Å². The summed E-state index contributed by atoms with van der Waals surface area (Å²) in [4.78, 5) is 15.4. The van der Waals surface area contributed by atoms with E-state index in [1.54, 1.807) is 36.5 Å². The summed E-state index contributed by atoms with van der Waals surface area (Å²) >= 11 is 0. The van der Waals surface area contributed by atoms with E-state index >= 15 is 0 Å². The lowest BCUT2D eigenvalue weighted by molar-refractivity contribution is 0.0692. The van der Waals surface area contributed by atoms with Gasteiger partial charge in [-0.15, -0.1) is 5.10 Å². The number of aromatic carboxylic acids is 1. The highest BCUT2D eigenvalue weighted by Crippen LogP contribution is 2.27. The van der Waals surface area contributed by atoms with Crippen LogP contribution < -0.4 is 0 Å². The number of benzene rings is 1. The predicted octanol–water partition coefficient (Wildman–Crippen LogP) is 3.36. The van der Waals surface area contributed by atoms with E-state index in [-0.39, 0.29) is 23.0 Å². The molecule has 0 bridgehead atoms. The quantitative estimate of drug-likeness (QED) is 0.805. The zero-order valence-electron chi connectivity index (χ0n) is 12.1. The molecule has 6 heteroatoms. The molecule has 3 aromatic rings. The van der Waals surface area contributed by atoms with Crippen molar-refractivity contribution in [2.24, 2.45) is 0 Å². The van der Waals surface area contributed by atoms with Gasteiger partial charge in [0.25, 0.3) is 0 Å². The van der Waals surface area contributed by atoms with Crippen molar-refractivity contribution >= 4 is 11.5 Å². The Balaban J connectivity index is 2.27. The number of carboxylic acids is 1. The summed E-state index contributed by atoms with van der Waals surface area (Å²) in [5.41, 5.74) is 0.968. The molecule has 0 spiro atoms. The van der Waals surface area contributed by atoms with Crippen LogP contribution >= 0.6 is 0 Å². The van der Waals surface area contributed by atoms with E-state index in [1.807, 2.05) is 13.8 Å². The molecule has 3 rings (SSSR count). The van der Waals surface area contributed by atoms with Crippen LogP contribution in [0.5, 0.6) is 0 Å². The predicted molar refractivity (Wildman–Crippen MR) is 79.4 cm³/mol. The second-order valence-electron chi connectivity index (χ2n) is 5.29. The molecular formula is C16H14FN3O2. The highest BCUT2D eigenvalue weighted by molar-refractivity contribution is 5.93. The molecule has 112 valence electrons. The van der Waals surface area contributed by atoms with Crippen LogP contribution in [-0.4, -0.2) is 25.7 Å². The summed E-state index contributed by atoms with van der Waals surface area (Å²) in [5.74, 6) is -1.52. The fraction of sp³-hybridized carbons (Fsp3) is 0.188. The van der Waals surface area contributed by atoms with Gasteiger partial charge in [-0.3, -0.25) is 0 Å². The average molecular weight is 299 g/mol. The monoisotopic (exact) mass is 299 g/mol. The van der Waals surface area contributed by atoms with E-state index in [0.29, 0.717) is 11.1 Å². The van der Waals surface area contributed by atoms with Crippen LogP contribution in [0.4, 0.5) is 4.39 Å². The smallest absolute Gasteiger partial charge is 0.356 e. The standard InChI is InChI=1S/C16H14FN3O2/c1-9(2)10-5-3-6-11(13(10)17)15-18-14(16(21)22)12-7-4-8-20(12)19-15/h3-9H,1-2H3,(H,21,22). The first kappa shape index (κ1) is 14.2. The minimum atomic E-state index is -1.17. The zero-order valence-corrected chi connectivity index (χ0v) is 12.1. The van der Waals surface area contributed by atoms with E-state index in [0.717, 1.165) is 0 Å². The number of carboxylic acid groups (broad SMARTS) is 1. The summed E-state index contributed by atoms with van der Waals surface area (Å²) in [5, 5.41) is 13.5. The summed E-state index contributed by atoms with van der Waals surface area (Å²) in [7, 11) is 0. The number of halogens is 1. The van der Waals surface area contributed by atoms with Crippen LogP contribution in [0.2, 0.25) is 0 Å². The normalized spacial score (nSPS) is 11.3. The Morgan fingerprint density at radius 2 is 2.05 bits per heavy atom. The third-order valence-corrected chi connectivity index (χ3v) is 3.49. The van der Waals surface area contributed by atoms with Crippen LogP contribution in [0, 0.1) is 5.82 Å². The van der Waals surface area contributed by atoms with Crippen LogP contribution in [0.3, 0.4) is 0 Å². The maximum Gasteiger partial charge on any atom is 0.356 e. The van der Waals surface area contributed by atoms with Crippen molar-refractivity contribution in [3.8, 4) is 11.4 Å². The summed E-state index contributed by atoms with van der Waals surface area (Å²) in [6.45, 7) is 3.78. The second-order valence-corrected chi connectivity index (χ2v) is 5.29. The SMILES string of the molecule is CC(C)c1cccc(-c2nc(C(=O)O)c3cccn3n2)c1F. The lowest BCUT2D eigenvalue weighted by Gasteiger charge is -2.11. The van der Waals surface area contributed by atoms with Crippen LogP contribution in [0.25, 0.3) is 16.9 Å². The minimum Gasteiger partial charge on any atom is -0.476 e. The largest absolute Gasteiger partial charge is 0.476 e. The lowest BCUT2D eigenvalue weighted by atomic mass is 9.99. The molecule has 0 saturated carbocycles. The van der Waals surface area contributed by atoms with E-state index in [2.05, 4.69) is 10.1 Å². The highest BCUT2D eigenvalue weighted by atomic mass is 19.1. The number of carbonyl (C=O) groups is 1. The van der Waals surface area contributed by atoms with E-state index in [1.165, 1.54) is 4.52 Å². The molecule has 0 radical (unpaired) electrons. The molecule has 2 aromatic heterocycles. The molecular weight excluding hydrogens is 285 g/mol. The van der Waals surface area contributed by atoms with Crippen molar-refractivity contribution in [3.63, 3.8) is 0 Å². The fourth-order valence-electron chi connectivity index (χ4n) is 2.37. The van der Waals surface area contributed by atoms with Gasteiger partial charge in [-0.05, 0) is 29.7 Å². The molecule has 0 fully saturated rings. The molecule has 0 aliphatic rings. The number of hydrogen-bond donors (Lipinski definition) is 1. The number of hydrogen-bond acceptors (Lipinski definition) is 3. The van der Waals surface area contributed by atoms with Crippen molar-refractivity contribution in [1.82, 2.24) is 14.6 Å². The Bertz CT molecular complexity index is 871. The number of aromatic nitrogens is 3. The highest BCUT2D eigenvalue weighted by Gasteiger charge is 2.19. The van der Waals surface area contributed by atoms with Crippen LogP contribution in [0.15, 0.2) is 36.5 Å². The van der Waals surface area contributed by atoms with Gasteiger partial charge in [0.2, 0.25) is 0 Å². The maximum absolute atomic E-state index is 14.6. The summed E-state index contributed by atoms with van der Waals surface area (Å²) in [6.07, 6.45) is 1.61. The third kappa shape index (κ3) is 2.22. The lowest BCUT2D eigenvalue weighted by Crippen LogP contribution is -2.09. The summed E-state index contributed by atoms with van der Waals surface area (Å²) in [6, 6.07) is 8.25. The van der Waals surface area contributed by atoms with Gasteiger partial charge in [0, 0.05) is 6.20 Å². The van der Waals surface area contributed by atoms with Gasteiger partial charge in [0.05, 0.1) is 11.1 Å². The molecule has 0 aliphatic heterocycles. The molecule has 0 atom stereocenters. The molecule has 0 amide bonds. The van der Waals surface area contributed by atoms with Crippen molar-refractivity contribution in [3.05, 3.63) is 53.6 Å². The van der Waals surface area contributed by atoms with Gasteiger partial charge in [-0.25, -0.2) is 18.7 Å². The first-order valence-electron chi connectivity index (χ1n) is 6.86. The Labute approximate surface area is 126 Å². The Morgan fingerprint density at radius 3 is 2.73 bits per heavy atom. The van der Waals surface area contributed by atoms with Crippen LogP contribution in [-0.2, 0) is 0 Å². The molecule has 2 heterocycles. The first-order chi connectivity index (χ1) is 10.5. The first-order valence-corrected chi connectivity index (χ1v) is 6.86. The second kappa shape index (κ2) is 5.22. The van der Waals surface area contributed by atoms with E-state index in [4.69, 9.17) is 0 Å². The van der Waals surface area contributed by atoms with E-state index in [9.17, 15) is 14.3 Å². The topological polar surface area (TPSA) is 67.5 Å². The van der Waals surface area contributed by atoms with Crippen molar-refractivity contribution < 1.29 is 14.3 Å². The Kier molecular flexibility index (Phi) is 3.36. The van der Waals surface area contributed by atoms with Gasteiger partial charge in [-0.2, -0.15) is 0 Å². The van der Waals surface area contributed by atoms with Crippen molar-refractivity contribution in [2.45, 2.75) is 19.8 Å². The van der Waals surface area contributed by atoms with Gasteiger partial charge in [0.15, 0.2) is 11.5 Å². The van der Waals surface area contributed by atoms with Gasteiger partial charge >= 0.3 is 5.97 Å². The number of nitrogens with zero attached hydrogens (tertiary/aromatic N) is 3. The number of rotatable bonds is 3. The average Bonchev–Trinajstić information content (AvgIpc) is 2.94. The maximum atomic E-state index is 14.6. The molecule has 0 aliphatic carbocycles. The minimum absolute atomic E-state index is 0.00852. The fourth-order valence-corrected chi connectivity index (χ4v) is 2.37. The molecule has 0 saturated heterocycles. The Morgan fingerprint density at radius 1 is 1.27 bits per heavy atom. The van der Waals surface area contributed by atoms with E-state index < -0.39 is 11.8 Å². The molecule has 5 nitrogen and oxygen atoms in total. The molecule has 1 N–H and O–H groups in total. The third-order valence-electron chi connectivity index (χ3n) is 3.49. The van der Waals surface area contributed by atoms with Gasteiger partial charge in [0.1, 0.15) is 5.82 Å². The van der Waals surface area contributed by atoms with Crippen molar-refractivity contribution in [2.75, 3.05) is 0 Å². The molecule has 1 aromatic carbocycles. The van der Waals surface area contributed by atoms with Gasteiger partial charge in [-0.1, -0.05) is 26.0 Å². The summed E-state index contributed by atoms with van der Waals surface area (Å²) < 4.78 is 16.0. The van der Waals surface area contributed by atoms with Crippen LogP contribution in [0.1, 0.15) is 35.8 Å². The van der Waals surface area contributed by atoms with Crippen molar-refractivity contribution in [1.29, 1.82) is 0 Å².